The number of hydrogen-bond acceptors (Lipinski definition) is 9. The first kappa shape index (κ1) is 23.2. The van der Waals surface area contributed by atoms with E-state index in [1.807, 2.05) is 35.7 Å². The van der Waals surface area contributed by atoms with E-state index in [0.29, 0.717) is 10.8 Å². The lowest BCUT2D eigenvalue weighted by Gasteiger charge is -2.24. The molecule has 1 unspecified atom stereocenters. The molecule has 1 N–H and O–H groups in total. The van der Waals surface area contributed by atoms with Gasteiger partial charge in [0.05, 0.1) is 13.0 Å². The molecule has 0 bridgehead atoms. The van der Waals surface area contributed by atoms with Gasteiger partial charge in [-0.1, -0.05) is 25.1 Å². The number of pyridine rings is 1. The minimum Gasteiger partial charge on any atom is -0.503 e. The molecular formula is C23H24N2O6S. The zero-order chi connectivity index (χ0) is 23.1. The monoisotopic (exact) mass is 456 g/mol. The second-order valence-corrected chi connectivity index (χ2v) is 8.03. The van der Waals surface area contributed by atoms with Crippen LogP contribution in [-0.2, 0) is 9.53 Å². The summed E-state index contributed by atoms with van der Waals surface area (Å²) in [5.41, 5.74) is -0.148. The number of para-hydroxylation sites is 1. The molecule has 0 spiro atoms. The molecule has 0 amide bonds. The summed E-state index contributed by atoms with van der Waals surface area (Å²) < 4.78 is 16.7. The SMILES string of the molecule is COc1ccnc(C(=O)C[C@@H](C)C(=O)O[C@@H](C)C(Oc2ccccc2)c2nccs2)c1O. The van der Waals surface area contributed by atoms with Crippen LogP contribution in [0, 0.1) is 5.92 Å². The average molecular weight is 457 g/mol. The average Bonchev–Trinajstić information content (AvgIpc) is 3.32. The first-order valence-corrected chi connectivity index (χ1v) is 10.9. The molecule has 2 aromatic heterocycles. The summed E-state index contributed by atoms with van der Waals surface area (Å²) in [5.74, 6) is -1.41. The fourth-order valence-corrected chi connectivity index (χ4v) is 3.75. The summed E-state index contributed by atoms with van der Waals surface area (Å²) in [6.07, 6.45) is 1.57. The summed E-state index contributed by atoms with van der Waals surface area (Å²) in [5, 5.41) is 12.6. The molecule has 3 aromatic rings. The van der Waals surface area contributed by atoms with Crippen LogP contribution in [0.3, 0.4) is 0 Å². The molecule has 0 radical (unpaired) electrons. The molecule has 0 saturated heterocycles. The lowest BCUT2D eigenvalue weighted by Crippen LogP contribution is -2.29. The summed E-state index contributed by atoms with van der Waals surface area (Å²) in [7, 11) is 1.38. The van der Waals surface area contributed by atoms with E-state index in [1.165, 1.54) is 30.7 Å². The molecule has 0 fully saturated rings. The number of ether oxygens (including phenoxy) is 3. The van der Waals surface area contributed by atoms with Gasteiger partial charge >= 0.3 is 5.97 Å². The van der Waals surface area contributed by atoms with Gasteiger partial charge in [-0.05, 0) is 19.1 Å². The Morgan fingerprint density at radius 3 is 2.50 bits per heavy atom. The van der Waals surface area contributed by atoms with Crippen molar-refractivity contribution in [2.24, 2.45) is 5.92 Å². The minimum atomic E-state index is -0.758. The van der Waals surface area contributed by atoms with E-state index in [1.54, 1.807) is 20.0 Å². The fraction of sp³-hybridized carbons (Fsp3) is 0.304. The van der Waals surface area contributed by atoms with E-state index in [4.69, 9.17) is 14.2 Å². The zero-order valence-electron chi connectivity index (χ0n) is 17.9. The first-order chi connectivity index (χ1) is 15.4. The van der Waals surface area contributed by atoms with Gasteiger partial charge < -0.3 is 19.3 Å². The number of methoxy groups -OCH3 is 1. The minimum absolute atomic E-state index is 0.136. The molecule has 32 heavy (non-hydrogen) atoms. The van der Waals surface area contributed by atoms with Crippen molar-refractivity contribution >= 4 is 23.1 Å². The number of Topliss-reactive ketones (excluding diaryl/α,β-unsaturated/α-hetero) is 1. The van der Waals surface area contributed by atoms with Gasteiger partial charge in [0.15, 0.2) is 29.1 Å². The largest absolute Gasteiger partial charge is 0.503 e. The maximum Gasteiger partial charge on any atom is 0.309 e. The van der Waals surface area contributed by atoms with Crippen molar-refractivity contribution in [2.75, 3.05) is 7.11 Å². The Labute approximate surface area is 189 Å². The standard InChI is InChI=1S/C23H24N2O6S/c1-14(13-17(26)19-20(27)18(29-3)9-10-24-19)23(28)30-15(2)21(22-25-11-12-32-22)31-16-7-5-4-6-8-16/h4-12,14-15,21,27H,13H2,1-3H3/t14-,15+,21?/m1/s1. The number of hydrogen-bond donors (Lipinski definition) is 1. The normalized spacial score (nSPS) is 13.6. The second-order valence-electron chi connectivity index (χ2n) is 7.10. The Hall–Kier alpha value is -3.46. The van der Waals surface area contributed by atoms with E-state index in [2.05, 4.69) is 9.97 Å². The lowest BCUT2D eigenvalue weighted by atomic mass is 10.0. The summed E-state index contributed by atoms with van der Waals surface area (Å²) >= 11 is 1.40. The molecule has 0 aliphatic rings. The third-order valence-corrected chi connectivity index (χ3v) is 5.53. The molecular weight excluding hydrogens is 432 g/mol. The number of esters is 1. The van der Waals surface area contributed by atoms with Gasteiger partial charge in [0, 0.05) is 30.3 Å². The van der Waals surface area contributed by atoms with Gasteiger partial charge in [-0.15, -0.1) is 11.3 Å². The molecule has 3 rings (SSSR count). The highest BCUT2D eigenvalue weighted by Gasteiger charge is 2.30. The summed E-state index contributed by atoms with van der Waals surface area (Å²) in [6.45, 7) is 3.30. The predicted molar refractivity (Wildman–Crippen MR) is 118 cm³/mol. The zero-order valence-corrected chi connectivity index (χ0v) is 18.7. The lowest BCUT2D eigenvalue weighted by molar-refractivity contribution is -0.157. The van der Waals surface area contributed by atoms with Crippen molar-refractivity contribution in [3.63, 3.8) is 0 Å². The molecule has 1 aromatic carbocycles. The molecule has 0 aliphatic carbocycles. The van der Waals surface area contributed by atoms with E-state index >= 15 is 0 Å². The maximum atomic E-state index is 12.7. The third kappa shape index (κ3) is 5.61. The smallest absolute Gasteiger partial charge is 0.309 e. The van der Waals surface area contributed by atoms with Crippen molar-refractivity contribution < 1.29 is 28.9 Å². The van der Waals surface area contributed by atoms with E-state index < -0.39 is 29.9 Å². The predicted octanol–water partition coefficient (Wildman–Crippen LogP) is 4.21. The highest BCUT2D eigenvalue weighted by molar-refractivity contribution is 7.09. The van der Waals surface area contributed by atoms with Crippen molar-refractivity contribution in [1.29, 1.82) is 0 Å². The van der Waals surface area contributed by atoms with Crippen LogP contribution < -0.4 is 9.47 Å². The van der Waals surface area contributed by atoms with Crippen LogP contribution in [0.2, 0.25) is 0 Å². The first-order valence-electron chi connectivity index (χ1n) is 9.97. The highest BCUT2D eigenvalue weighted by Crippen LogP contribution is 2.30. The number of rotatable bonds is 10. The Morgan fingerprint density at radius 1 is 1.09 bits per heavy atom. The van der Waals surface area contributed by atoms with Gasteiger partial charge in [0.1, 0.15) is 16.9 Å². The number of carbonyl (C=O) groups excluding carboxylic acids is 2. The quantitative estimate of drug-likeness (QED) is 0.357. The van der Waals surface area contributed by atoms with Crippen LogP contribution in [-0.4, -0.2) is 40.0 Å². The van der Waals surface area contributed by atoms with Crippen molar-refractivity contribution in [3.05, 3.63) is 64.9 Å². The molecule has 9 heteroatoms. The number of aromatic nitrogens is 2. The van der Waals surface area contributed by atoms with Crippen molar-refractivity contribution in [2.45, 2.75) is 32.5 Å². The topological polar surface area (TPSA) is 108 Å². The Balaban J connectivity index is 1.67. The number of thiazole rings is 1. The van der Waals surface area contributed by atoms with Crippen LogP contribution in [0.1, 0.15) is 41.9 Å². The Bertz CT molecular complexity index is 1040. The van der Waals surface area contributed by atoms with Gasteiger partial charge in [0.25, 0.3) is 0 Å². The number of nitrogens with zero attached hydrogens (tertiary/aromatic N) is 2. The van der Waals surface area contributed by atoms with E-state index in [9.17, 15) is 14.7 Å². The van der Waals surface area contributed by atoms with Crippen LogP contribution in [0.5, 0.6) is 17.2 Å². The number of ketones is 1. The van der Waals surface area contributed by atoms with E-state index in [0.717, 1.165) is 0 Å². The third-order valence-electron chi connectivity index (χ3n) is 4.69. The summed E-state index contributed by atoms with van der Waals surface area (Å²) in [6, 6.07) is 10.6. The van der Waals surface area contributed by atoms with Crippen LogP contribution in [0.4, 0.5) is 0 Å². The van der Waals surface area contributed by atoms with Gasteiger partial charge in [0.2, 0.25) is 0 Å². The summed E-state index contributed by atoms with van der Waals surface area (Å²) in [4.78, 5) is 33.5. The molecule has 2 heterocycles. The second kappa shape index (κ2) is 10.7. The maximum absolute atomic E-state index is 12.7. The molecule has 168 valence electrons. The van der Waals surface area contributed by atoms with Gasteiger partial charge in [-0.2, -0.15) is 0 Å². The number of benzene rings is 1. The Kier molecular flexibility index (Phi) is 7.77. The molecule has 8 nitrogen and oxygen atoms in total. The van der Waals surface area contributed by atoms with Gasteiger partial charge in [-0.25, -0.2) is 9.97 Å². The number of aromatic hydroxyl groups is 1. The van der Waals surface area contributed by atoms with Crippen LogP contribution >= 0.6 is 11.3 Å². The van der Waals surface area contributed by atoms with Gasteiger partial charge in [-0.3, -0.25) is 9.59 Å². The molecule has 0 saturated carbocycles. The number of carbonyl (C=O) groups is 2. The molecule has 0 aliphatic heterocycles. The molecule has 3 atom stereocenters. The van der Waals surface area contributed by atoms with E-state index in [-0.39, 0.29) is 23.6 Å². The Morgan fingerprint density at radius 2 is 1.84 bits per heavy atom. The fourth-order valence-electron chi connectivity index (χ4n) is 2.99. The van der Waals surface area contributed by atoms with Crippen molar-refractivity contribution in [3.8, 4) is 17.2 Å². The van der Waals surface area contributed by atoms with Crippen molar-refractivity contribution in [1.82, 2.24) is 9.97 Å². The highest BCUT2D eigenvalue weighted by atomic mass is 32.1. The van der Waals surface area contributed by atoms with Crippen LogP contribution in [0.25, 0.3) is 0 Å². The van der Waals surface area contributed by atoms with Crippen LogP contribution in [0.15, 0.2) is 54.2 Å².